The lowest BCUT2D eigenvalue weighted by molar-refractivity contribution is 0.671. The smallest absolute Gasteiger partial charge is 0.0664 e. The summed E-state index contributed by atoms with van der Waals surface area (Å²) in [5.74, 6) is 0.839. The summed E-state index contributed by atoms with van der Waals surface area (Å²) in [6, 6.07) is 8.84. The Labute approximate surface area is 214 Å². The van der Waals surface area contributed by atoms with Gasteiger partial charge in [0.1, 0.15) is 0 Å². The molecule has 0 aliphatic heterocycles. The number of hydrogen-bond acceptors (Lipinski definition) is 2. The molecule has 0 spiro atoms. The fourth-order valence-corrected chi connectivity index (χ4v) is 5.81. The van der Waals surface area contributed by atoms with Crippen LogP contribution in [0.5, 0.6) is 0 Å². The Bertz CT molecular complexity index is 1110. The van der Waals surface area contributed by atoms with Crippen LogP contribution in [0.15, 0.2) is 111 Å². The van der Waals surface area contributed by atoms with Crippen molar-refractivity contribution in [3.8, 4) is 0 Å². The molecule has 4 rings (SSSR count). The van der Waals surface area contributed by atoms with Crippen molar-refractivity contribution in [2.45, 2.75) is 36.9 Å². The summed E-state index contributed by atoms with van der Waals surface area (Å²) in [6.45, 7) is 2.89. The Morgan fingerprint density at radius 2 is 1.97 bits per heavy atom. The van der Waals surface area contributed by atoms with Crippen LogP contribution in [0.25, 0.3) is 0 Å². The number of rotatable bonds is 6. The number of aliphatic imine (C=N–C) groups is 1. The molecule has 1 aromatic rings. The van der Waals surface area contributed by atoms with Crippen LogP contribution in [0.4, 0.5) is 0 Å². The van der Waals surface area contributed by atoms with Crippen LogP contribution in [-0.4, -0.2) is 17.1 Å². The number of nitrogens with zero attached hydrogens (tertiary/aromatic N) is 1. The average Bonchev–Trinajstić information content (AvgIpc) is 2.82. The van der Waals surface area contributed by atoms with Crippen molar-refractivity contribution < 1.29 is 0 Å². The van der Waals surface area contributed by atoms with Gasteiger partial charge in [0.05, 0.1) is 5.71 Å². The molecule has 2 nitrogen and oxygen atoms in total. The van der Waals surface area contributed by atoms with E-state index in [1.165, 1.54) is 11.1 Å². The van der Waals surface area contributed by atoms with Gasteiger partial charge < -0.3 is 5.73 Å². The molecule has 4 heteroatoms. The van der Waals surface area contributed by atoms with Gasteiger partial charge in [0, 0.05) is 33.4 Å². The van der Waals surface area contributed by atoms with Gasteiger partial charge in [-0.25, -0.2) is 0 Å². The number of allylic oxidation sites excluding steroid dienone is 12. The third-order valence-electron chi connectivity index (χ3n) is 6.20. The van der Waals surface area contributed by atoms with Gasteiger partial charge in [-0.1, -0.05) is 110 Å². The van der Waals surface area contributed by atoms with Crippen LogP contribution >= 0.6 is 31.9 Å². The second kappa shape index (κ2) is 11.3. The van der Waals surface area contributed by atoms with E-state index >= 15 is 0 Å². The highest BCUT2D eigenvalue weighted by Gasteiger charge is 2.17. The van der Waals surface area contributed by atoms with Crippen molar-refractivity contribution in [3.63, 3.8) is 0 Å². The maximum Gasteiger partial charge on any atom is 0.0664 e. The Morgan fingerprint density at radius 3 is 2.64 bits per heavy atom. The first-order chi connectivity index (χ1) is 16.0. The first-order valence-corrected chi connectivity index (χ1v) is 13.2. The second-order valence-corrected chi connectivity index (χ2v) is 10.9. The van der Waals surface area contributed by atoms with Gasteiger partial charge >= 0.3 is 0 Å². The minimum absolute atomic E-state index is 0.280. The van der Waals surface area contributed by atoms with Gasteiger partial charge in [-0.05, 0) is 55.0 Å². The molecular weight excluding hydrogens is 536 g/mol. The maximum atomic E-state index is 6.59. The standard InChI is InChI=1S/C29H30Br2N2/c1-20-7-9-22(10-8-20)23-11-13-24(14-12-23)29(33-19-21-5-3-2-4-6-21)18-28(32)25-15-26(30)17-27(31)16-25/h2-5,7-11,13-15,17-18,21,23,27H,6,12,16,19,32H2,1H3/b28-18-,33-29?. The molecule has 3 aliphatic carbocycles. The van der Waals surface area contributed by atoms with Crippen LogP contribution in [0.2, 0.25) is 0 Å². The summed E-state index contributed by atoms with van der Waals surface area (Å²) < 4.78 is 1.05. The Hall–Kier alpha value is -2.17. The van der Waals surface area contributed by atoms with Crippen molar-refractivity contribution >= 4 is 37.6 Å². The number of hydrogen-bond donors (Lipinski definition) is 1. The molecule has 0 saturated heterocycles. The number of alkyl halides is 1. The summed E-state index contributed by atoms with van der Waals surface area (Å²) in [4.78, 5) is 5.32. The van der Waals surface area contributed by atoms with E-state index in [9.17, 15) is 0 Å². The van der Waals surface area contributed by atoms with Crippen LogP contribution in [-0.2, 0) is 0 Å². The van der Waals surface area contributed by atoms with Crippen molar-refractivity contribution in [2.24, 2.45) is 16.6 Å². The Morgan fingerprint density at radius 1 is 1.15 bits per heavy atom. The van der Waals surface area contributed by atoms with Crippen molar-refractivity contribution in [2.75, 3.05) is 6.54 Å². The molecule has 0 fully saturated rings. The van der Waals surface area contributed by atoms with Gasteiger partial charge in [-0.3, -0.25) is 4.99 Å². The summed E-state index contributed by atoms with van der Waals surface area (Å²) >= 11 is 7.30. The largest absolute Gasteiger partial charge is 0.398 e. The molecule has 0 saturated carbocycles. The molecule has 2 N–H and O–H groups in total. The normalized spacial score (nSPS) is 25.5. The number of benzene rings is 1. The van der Waals surface area contributed by atoms with E-state index in [0.29, 0.717) is 11.8 Å². The molecular formula is C29H30Br2N2. The van der Waals surface area contributed by atoms with Crippen molar-refractivity contribution in [1.82, 2.24) is 0 Å². The topological polar surface area (TPSA) is 38.4 Å². The van der Waals surface area contributed by atoms with E-state index in [1.54, 1.807) is 0 Å². The van der Waals surface area contributed by atoms with Crippen LogP contribution in [0.3, 0.4) is 0 Å². The van der Waals surface area contributed by atoms with Crippen molar-refractivity contribution in [1.29, 1.82) is 0 Å². The summed E-state index contributed by atoms with van der Waals surface area (Å²) in [5, 5.41) is 0. The lowest BCUT2D eigenvalue weighted by Crippen LogP contribution is -2.13. The number of aryl methyl sites for hydroxylation is 1. The zero-order chi connectivity index (χ0) is 23.2. The maximum absolute atomic E-state index is 6.59. The van der Waals surface area contributed by atoms with Gasteiger partial charge in [0.2, 0.25) is 0 Å². The third-order valence-corrected chi connectivity index (χ3v) is 7.28. The summed E-state index contributed by atoms with van der Waals surface area (Å²) in [5.41, 5.74) is 13.2. The SMILES string of the molecule is Cc1ccc(C2C=CC(C(/C=C(\N)C3=CC(Br)=CC(Br)C3)=NCC3C=CC=CC3)=CC2)cc1. The van der Waals surface area contributed by atoms with E-state index in [1.807, 2.05) is 0 Å². The minimum Gasteiger partial charge on any atom is -0.398 e. The Kier molecular flexibility index (Phi) is 8.21. The lowest BCUT2D eigenvalue weighted by atomic mass is 9.88. The van der Waals surface area contributed by atoms with Crippen LogP contribution < -0.4 is 5.73 Å². The van der Waals surface area contributed by atoms with Crippen molar-refractivity contribution in [3.05, 3.63) is 117 Å². The van der Waals surface area contributed by atoms with Crippen LogP contribution in [0, 0.1) is 12.8 Å². The third kappa shape index (κ3) is 6.68. The lowest BCUT2D eigenvalue weighted by Gasteiger charge is -2.19. The summed E-state index contributed by atoms with van der Waals surface area (Å²) in [7, 11) is 0. The fourth-order valence-electron chi connectivity index (χ4n) is 4.23. The predicted molar refractivity (Wildman–Crippen MR) is 149 cm³/mol. The van der Waals surface area contributed by atoms with E-state index in [2.05, 4.69) is 124 Å². The van der Waals surface area contributed by atoms with E-state index in [0.717, 1.165) is 52.8 Å². The highest BCUT2D eigenvalue weighted by molar-refractivity contribution is 9.12. The van der Waals surface area contributed by atoms with E-state index in [-0.39, 0.29) is 4.83 Å². The van der Waals surface area contributed by atoms with Gasteiger partial charge in [0.15, 0.2) is 0 Å². The molecule has 0 aromatic heterocycles. The fraction of sp³-hybridized carbons (Fsp3) is 0.276. The molecule has 170 valence electrons. The second-order valence-electron chi connectivity index (χ2n) is 8.85. The molecule has 33 heavy (non-hydrogen) atoms. The van der Waals surface area contributed by atoms with E-state index in [4.69, 9.17) is 10.7 Å². The highest BCUT2D eigenvalue weighted by atomic mass is 79.9. The van der Waals surface area contributed by atoms with E-state index < -0.39 is 0 Å². The molecule has 0 radical (unpaired) electrons. The molecule has 3 aliphatic rings. The predicted octanol–water partition coefficient (Wildman–Crippen LogP) is 7.75. The molecule has 3 atom stereocenters. The van der Waals surface area contributed by atoms with Gasteiger partial charge in [0.25, 0.3) is 0 Å². The first kappa shape index (κ1) is 24.0. The minimum atomic E-state index is 0.280. The Balaban J connectivity index is 1.57. The molecule has 1 aromatic carbocycles. The summed E-state index contributed by atoms with van der Waals surface area (Å²) in [6.07, 6.45) is 24.7. The quantitative estimate of drug-likeness (QED) is 0.278. The monoisotopic (exact) mass is 564 g/mol. The number of nitrogens with two attached hydrogens (primary N) is 1. The molecule has 0 bridgehead atoms. The number of halogens is 2. The molecule has 0 amide bonds. The average molecular weight is 566 g/mol. The van der Waals surface area contributed by atoms with Gasteiger partial charge in [-0.15, -0.1) is 0 Å². The molecule has 3 unspecified atom stereocenters. The van der Waals surface area contributed by atoms with Gasteiger partial charge in [-0.2, -0.15) is 0 Å². The highest BCUT2D eigenvalue weighted by Crippen LogP contribution is 2.30. The first-order valence-electron chi connectivity index (χ1n) is 11.5. The zero-order valence-corrected chi connectivity index (χ0v) is 22.1. The van der Waals surface area contributed by atoms with Crippen LogP contribution in [0.1, 0.15) is 36.3 Å². The zero-order valence-electron chi connectivity index (χ0n) is 18.9. The molecule has 0 heterocycles.